The summed E-state index contributed by atoms with van der Waals surface area (Å²) in [5.41, 5.74) is 3.22. The van der Waals surface area contributed by atoms with Gasteiger partial charge in [-0.25, -0.2) is 9.97 Å². The minimum atomic E-state index is -4.62. The number of nitriles is 2. The number of aromatic nitrogens is 3. The molecule has 0 atom stereocenters. The van der Waals surface area contributed by atoms with Crippen LogP contribution in [0.25, 0.3) is 61.1 Å². The van der Waals surface area contributed by atoms with Gasteiger partial charge in [0, 0.05) is 28.7 Å². The lowest BCUT2D eigenvalue weighted by Gasteiger charge is -2.15. The van der Waals surface area contributed by atoms with Crippen LogP contribution in [0.3, 0.4) is 0 Å². The molecule has 7 rings (SSSR count). The Kier molecular flexibility index (Phi) is 7.87. The molecule has 2 heterocycles. The van der Waals surface area contributed by atoms with Gasteiger partial charge in [0.2, 0.25) is 0 Å². The summed E-state index contributed by atoms with van der Waals surface area (Å²) in [6.45, 7) is 3.18. The summed E-state index contributed by atoms with van der Waals surface area (Å²) in [6, 6.07) is 27.2. The smallest absolute Gasteiger partial charge is 0.308 e. The molecular formula is C40H23F6N5. The van der Waals surface area contributed by atoms with E-state index in [0.29, 0.717) is 60.9 Å². The second-order valence-corrected chi connectivity index (χ2v) is 12.1. The first-order valence-corrected chi connectivity index (χ1v) is 15.5. The van der Waals surface area contributed by atoms with Gasteiger partial charge < -0.3 is 4.57 Å². The second kappa shape index (κ2) is 12.1. The molecule has 51 heavy (non-hydrogen) atoms. The van der Waals surface area contributed by atoms with E-state index in [4.69, 9.17) is 5.26 Å². The highest BCUT2D eigenvalue weighted by molar-refractivity contribution is 6.11. The molecule has 0 N–H and O–H groups in total. The molecular weight excluding hydrogens is 664 g/mol. The van der Waals surface area contributed by atoms with Gasteiger partial charge in [0.15, 0.2) is 5.82 Å². The number of alkyl halides is 6. The molecule has 0 aliphatic heterocycles. The van der Waals surface area contributed by atoms with Gasteiger partial charge >= 0.3 is 12.4 Å². The van der Waals surface area contributed by atoms with Crippen molar-refractivity contribution in [1.29, 1.82) is 10.5 Å². The summed E-state index contributed by atoms with van der Waals surface area (Å²) in [5, 5.41) is 20.9. The van der Waals surface area contributed by atoms with Gasteiger partial charge in [-0.1, -0.05) is 48.0 Å². The molecule has 0 bridgehead atoms. The quantitative estimate of drug-likeness (QED) is 0.173. The Morgan fingerprint density at radius 1 is 0.608 bits per heavy atom. The van der Waals surface area contributed by atoms with Crippen LogP contribution in [-0.4, -0.2) is 14.5 Å². The fourth-order valence-corrected chi connectivity index (χ4v) is 6.42. The van der Waals surface area contributed by atoms with Crippen LogP contribution < -0.4 is 0 Å². The van der Waals surface area contributed by atoms with Gasteiger partial charge in [0.05, 0.1) is 39.0 Å². The second-order valence-electron chi connectivity index (χ2n) is 12.1. The van der Waals surface area contributed by atoms with Crippen LogP contribution in [0.1, 0.15) is 33.4 Å². The molecule has 0 spiro atoms. The number of nitrogens with zero attached hydrogens (tertiary/aromatic N) is 5. The van der Waals surface area contributed by atoms with Gasteiger partial charge in [-0.15, -0.1) is 0 Å². The maximum atomic E-state index is 14.3. The summed E-state index contributed by atoms with van der Waals surface area (Å²) in [7, 11) is 0. The van der Waals surface area contributed by atoms with E-state index < -0.39 is 23.5 Å². The van der Waals surface area contributed by atoms with Crippen molar-refractivity contribution in [3.05, 3.63) is 137 Å². The third-order valence-corrected chi connectivity index (χ3v) is 8.82. The Morgan fingerprint density at radius 3 is 1.78 bits per heavy atom. The Morgan fingerprint density at radius 2 is 1.22 bits per heavy atom. The normalized spacial score (nSPS) is 11.9. The molecule has 11 heteroatoms. The highest BCUT2D eigenvalue weighted by atomic mass is 19.4. The van der Waals surface area contributed by atoms with E-state index in [0.717, 1.165) is 18.2 Å². The van der Waals surface area contributed by atoms with Crippen LogP contribution in [0, 0.1) is 36.5 Å². The molecule has 0 unspecified atom stereocenters. The van der Waals surface area contributed by atoms with E-state index >= 15 is 0 Å². The number of hydrogen-bond donors (Lipinski definition) is 0. The molecule has 7 aromatic rings. The lowest BCUT2D eigenvalue weighted by Crippen LogP contribution is -2.07. The zero-order valence-corrected chi connectivity index (χ0v) is 26.8. The zero-order valence-electron chi connectivity index (χ0n) is 26.8. The van der Waals surface area contributed by atoms with Crippen LogP contribution in [0.2, 0.25) is 0 Å². The van der Waals surface area contributed by atoms with Gasteiger partial charge in [-0.2, -0.15) is 36.9 Å². The van der Waals surface area contributed by atoms with E-state index in [2.05, 4.69) is 16.0 Å². The topological polar surface area (TPSA) is 78.3 Å². The summed E-state index contributed by atoms with van der Waals surface area (Å²) < 4.78 is 84.9. The summed E-state index contributed by atoms with van der Waals surface area (Å²) in [4.78, 5) is 8.46. The number of benzene rings is 5. The Hall–Kier alpha value is -6.46. The summed E-state index contributed by atoms with van der Waals surface area (Å²) in [5.74, 6) is 0.278. The molecule has 0 saturated heterocycles. The first-order valence-electron chi connectivity index (χ1n) is 15.5. The maximum Gasteiger partial charge on any atom is 0.417 e. The maximum absolute atomic E-state index is 14.3. The Labute approximate surface area is 287 Å². The van der Waals surface area contributed by atoms with Gasteiger partial charge in [0.1, 0.15) is 12.1 Å². The van der Waals surface area contributed by atoms with Crippen molar-refractivity contribution in [1.82, 2.24) is 14.5 Å². The first kappa shape index (κ1) is 33.1. The predicted molar refractivity (Wildman–Crippen MR) is 182 cm³/mol. The minimum absolute atomic E-state index is 0.0123. The summed E-state index contributed by atoms with van der Waals surface area (Å²) >= 11 is 0. The molecule has 0 fully saturated rings. The van der Waals surface area contributed by atoms with Crippen molar-refractivity contribution < 1.29 is 26.3 Å². The van der Waals surface area contributed by atoms with Crippen LogP contribution in [0.4, 0.5) is 26.3 Å². The first-order chi connectivity index (χ1) is 24.3. The molecule has 250 valence electrons. The molecule has 0 amide bonds. The highest BCUT2D eigenvalue weighted by Gasteiger charge is 2.34. The van der Waals surface area contributed by atoms with Crippen LogP contribution in [0.5, 0.6) is 0 Å². The van der Waals surface area contributed by atoms with E-state index in [1.54, 1.807) is 73.0 Å². The van der Waals surface area contributed by atoms with Gasteiger partial charge in [-0.3, -0.25) is 0 Å². The van der Waals surface area contributed by atoms with Crippen molar-refractivity contribution in [2.45, 2.75) is 26.2 Å². The van der Waals surface area contributed by atoms with Crippen molar-refractivity contribution in [2.24, 2.45) is 0 Å². The highest BCUT2D eigenvalue weighted by Crippen LogP contribution is 2.42. The molecule has 0 aliphatic rings. The zero-order chi connectivity index (χ0) is 36.2. The predicted octanol–water partition coefficient (Wildman–Crippen LogP) is 11.0. The fraction of sp³-hybridized carbons (Fsp3) is 0.100. The number of halogens is 6. The lowest BCUT2D eigenvalue weighted by atomic mass is 9.96. The molecule has 0 radical (unpaired) electrons. The van der Waals surface area contributed by atoms with E-state index in [-0.39, 0.29) is 22.5 Å². The number of fused-ring (bicyclic) bond motifs is 3. The van der Waals surface area contributed by atoms with Crippen molar-refractivity contribution in [3.63, 3.8) is 0 Å². The van der Waals surface area contributed by atoms with Gasteiger partial charge in [-0.05, 0) is 90.2 Å². The number of rotatable bonds is 4. The molecule has 2 aromatic heterocycles. The number of hydrogen-bond acceptors (Lipinski definition) is 4. The van der Waals surface area contributed by atoms with Crippen LogP contribution in [0.15, 0.2) is 103 Å². The third kappa shape index (κ3) is 5.93. The fourth-order valence-electron chi connectivity index (χ4n) is 6.42. The Balaban J connectivity index is 1.50. The standard InChI is InChI=1S/C40H23F6N5/c1-22-3-8-31(34(13-22)40(44,45)46)26-5-10-33-32-9-4-25(30-11-7-29(14-23(30)2)39(41,42)43)16-36(32)51(37(33)17-26)35-12-6-27(15-28(35)19-48)38-49-20-24(18-47)21-50-38/h3-17,20-21H,1-2H3. The van der Waals surface area contributed by atoms with Crippen molar-refractivity contribution in [2.75, 3.05) is 0 Å². The van der Waals surface area contributed by atoms with Crippen molar-refractivity contribution in [3.8, 4) is 51.5 Å². The van der Waals surface area contributed by atoms with Crippen LogP contribution >= 0.6 is 0 Å². The van der Waals surface area contributed by atoms with Crippen molar-refractivity contribution >= 4 is 21.8 Å². The average molecular weight is 688 g/mol. The average Bonchev–Trinajstić information content (AvgIpc) is 3.43. The molecule has 0 aliphatic carbocycles. The third-order valence-electron chi connectivity index (χ3n) is 8.82. The molecule has 5 nitrogen and oxygen atoms in total. The molecule has 5 aromatic carbocycles. The monoisotopic (exact) mass is 687 g/mol. The minimum Gasteiger partial charge on any atom is -0.308 e. The van der Waals surface area contributed by atoms with E-state index in [9.17, 15) is 31.6 Å². The lowest BCUT2D eigenvalue weighted by molar-refractivity contribution is -0.138. The van der Waals surface area contributed by atoms with Gasteiger partial charge in [0.25, 0.3) is 0 Å². The SMILES string of the molecule is Cc1ccc(-c2ccc3c4ccc(-c5ccc(C(F)(F)F)cc5C)cc4n(-c4ccc(-c5ncc(C#N)cn5)cc4C#N)c3c2)c(C(F)(F)F)c1. The molecule has 0 saturated carbocycles. The van der Waals surface area contributed by atoms with E-state index in [1.165, 1.54) is 24.5 Å². The number of aryl methyl sites for hydroxylation is 2. The van der Waals surface area contributed by atoms with E-state index in [1.807, 2.05) is 12.1 Å². The summed E-state index contributed by atoms with van der Waals surface area (Å²) in [6.07, 6.45) is -6.40. The largest absolute Gasteiger partial charge is 0.417 e. The Bertz CT molecular complexity index is 2600. The van der Waals surface area contributed by atoms with Crippen LogP contribution in [-0.2, 0) is 12.4 Å².